The summed E-state index contributed by atoms with van der Waals surface area (Å²) >= 11 is 0. The first kappa shape index (κ1) is 6.98. The third-order valence-electron chi connectivity index (χ3n) is 0.853. The topological polar surface area (TPSA) is 21.3 Å². The fourth-order valence-electron chi connectivity index (χ4n) is 0.453. The standard InChI is InChI=1S/C5H4F3NO/c6-5(7,8)4-3-9-1-2-10-4/h1-3,9H. The van der Waals surface area contributed by atoms with E-state index in [-0.39, 0.29) is 0 Å². The van der Waals surface area contributed by atoms with E-state index in [1.54, 1.807) is 0 Å². The first-order valence-corrected chi connectivity index (χ1v) is 2.46. The summed E-state index contributed by atoms with van der Waals surface area (Å²) in [7, 11) is 0. The number of rotatable bonds is 0. The Balaban J connectivity index is 2.65. The molecule has 0 atom stereocenters. The van der Waals surface area contributed by atoms with Crippen LogP contribution in [0.25, 0.3) is 0 Å². The van der Waals surface area contributed by atoms with Crippen molar-refractivity contribution in [1.82, 2.24) is 5.32 Å². The molecule has 1 rings (SSSR count). The van der Waals surface area contributed by atoms with Gasteiger partial charge in [-0.3, -0.25) is 0 Å². The molecule has 0 radical (unpaired) electrons. The smallest absolute Gasteiger partial charge is 0.451 e. The number of ether oxygens (including phenoxy) is 1. The molecule has 0 aliphatic carbocycles. The SMILES string of the molecule is FC(F)(F)C1=CNC=CO1. The fraction of sp³-hybridized carbons (Fsp3) is 0.200. The minimum Gasteiger partial charge on any atom is -0.457 e. The molecule has 0 saturated carbocycles. The van der Waals surface area contributed by atoms with Crippen molar-refractivity contribution in [2.24, 2.45) is 0 Å². The van der Waals surface area contributed by atoms with E-state index in [0.717, 1.165) is 12.5 Å². The van der Waals surface area contributed by atoms with Crippen LogP contribution in [0.3, 0.4) is 0 Å². The van der Waals surface area contributed by atoms with E-state index in [2.05, 4.69) is 10.1 Å². The second-order valence-corrected chi connectivity index (χ2v) is 1.59. The van der Waals surface area contributed by atoms with Crippen LogP contribution in [0.5, 0.6) is 0 Å². The van der Waals surface area contributed by atoms with E-state index >= 15 is 0 Å². The average Bonchev–Trinajstić information content (AvgIpc) is 1.88. The van der Waals surface area contributed by atoms with Crippen LogP contribution in [0.2, 0.25) is 0 Å². The van der Waals surface area contributed by atoms with Gasteiger partial charge in [0.1, 0.15) is 6.26 Å². The minimum absolute atomic E-state index is 0.750. The number of alkyl halides is 3. The van der Waals surface area contributed by atoms with Gasteiger partial charge in [-0.05, 0) is 0 Å². The molecule has 0 spiro atoms. The van der Waals surface area contributed by atoms with E-state index in [9.17, 15) is 13.2 Å². The van der Waals surface area contributed by atoms with Crippen molar-refractivity contribution >= 4 is 0 Å². The molecule has 1 N–H and O–H groups in total. The van der Waals surface area contributed by atoms with Gasteiger partial charge in [-0.2, -0.15) is 13.2 Å². The molecule has 0 amide bonds. The highest BCUT2D eigenvalue weighted by Crippen LogP contribution is 2.26. The van der Waals surface area contributed by atoms with Gasteiger partial charge in [0.2, 0.25) is 5.76 Å². The van der Waals surface area contributed by atoms with Crippen LogP contribution in [-0.2, 0) is 4.74 Å². The molecule has 0 aromatic rings. The Morgan fingerprint density at radius 1 is 1.40 bits per heavy atom. The monoisotopic (exact) mass is 151 g/mol. The van der Waals surface area contributed by atoms with Crippen molar-refractivity contribution in [2.75, 3.05) is 0 Å². The molecule has 0 bridgehead atoms. The second-order valence-electron chi connectivity index (χ2n) is 1.59. The lowest BCUT2D eigenvalue weighted by Gasteiger charge is -2.12. The normalized spacial score (nSPS) is 17.3. The quantitative estimate of drug-likeness (QED) is 0.566. The summed E-state index contributed by atoms with van der Waals surface area (Å²) in [5.41, 5.74) is 0. The van der Waals surface area contributed by atoms with Crippen LogP contribution < -0.4 is 5.32 Å². The molecular weight excluding hydrogens is 147 g/mol. The third-order valence-corrected chi connectivity index (χ3v) is 0.853. The molecule has 1 aliphatic rings. The number of allylic oxidation sites excluding steroid dienone is 1. The Morgan fingerprint density at radius 2 is 2.10 bits per heavy atom. The van der Waals surface area contributed by atoms with Gasteiger partial charge in [0.25, 0.3) is 0 Å². The van der Waals surface area contributed by atoms with Crippen LogP contribution >= 0.6 is 0 Å². The molecule has 0 saturated heterocycles. The number of hydrogen-bond acceptors (Lipinski definition) is 2. The highest BCUT2D eigenvalue weighted by atomic mass is 19.4. The fourth-order valence-corrected chi connectivity index (χ4v) is 0.453. The zero-order valence-electron chi connectivity index (χ0n) is 4.77. The molecule has 0 aromatic heterocycles. The summed E-state index contributed by atoms with van der Waals surface area (Å²) in [5, 5.41) is 2.25. The van der Waals surface area contributed by atoms with Crippen molar-refractivity contribution in [3.63, 3.8) is 0 Å². The van der Waals surface area contributed by atoms with E-state index in [1.807, 2.05) is 0 Å². The first-order valence-electron chi connectivity index (χ1n) is 2.46. The summed E-state index contributed by atoms with van der Waals surface area (Å²) < 4.78 is 39.2. The molecule has 0 unspecified atom stereocenters. The largest absolute Gasteiger partial charge is 0.457 e. The van der Waals surface area contributed by atoms with Crippen LogP contribution in [0, 0.1) is 0 Å². The summed E-state index contributed by atoms with van der Waals surface area (Å²) in [6.45, 7) is 0. The third kappa shape index (κ3) is 1.43. The lowest BCUT2D eigenvalue weighted by molar-refractivity contribution is -0.123. The van der Waals surface area contributed by atoms with Gasteiger partial charge < -0.3 is 10.1 Å². The lowest BCUT2D eigenvalue weighted by atomic mass is 10.5. The molecule has 1 heterocycles. The molecule has 56 valence electrons. The molecule has 2 nitrogen and oxygen atoms in total. The van der Waals surface area contributed by atoms with Crippen molar-refractivity contribution < 1.29 is 17.9 Å². The number of halogens is 3. The Morgan fingerprint density at radius 3 is 2.40 bits per heavy atom. The molecule has 1 aliphatic heterocycles. The maximum absolute atomic E-state index is 11.7. The van der Waals surface area contributed by atoms with E-state index < -0.39 is 11.9 Å². The predicted molar refractivity (Wildman–Crippen MR) is 27.5 cm³/mol. The summed E-state index contributed by atoms with van der Waals surface area (Å²) in [5.74, 6) is -1.03. The Labute approximate surface area is 55.0 Å². The second kappa shape index (κ2) is 2.24. The van der Waals surface area contributed by atoms with E-state index in [0.29, 0.717) is 0 Å². The van der Waals surface area contributed by atoms with E-state index in [1.165, 1.54) is 6.20 Å². The molecule has 5 heteroatoms. The molecule has 10 heavy (non-hydrogen) atoms. The first-order chi connectivity index (χ1) is 4.61. The summed E-state index contributed by atoms with van der Waals surface area (Å²) in [6.07, 6.45) is -1.46. The average molecular weight is 151 g/mol. The van der Waals surface area contributed by atoms with Crippen LogP contribution in [-0.4, -0.2) is 6.18 Å². The number of nitrogens with one attached hydrogen (secondary N) is 1. The molecule has 0 fully saturated rings. The summed E-state index contributed by atoms with van der Waals surface area (Å²) in [6, 6.07) is 0. The van der Waals surface area contributed by atoms with Crippen molar-refractivity contribution in [1.29, 1.82) is 0 Å². The highest BCUT2D eigenvalue weighted by molar-refractivity contribution is 5.05. The molecule has 0 aromatic carbocycles. The van der Waals surface area contributed by atoms with Crippen molar-refractivity contribution in [3.8, 4) is 0 Å². The Bertz CT molecular complexity index is 182. The highest BCUT2D eigenvalue weighted by Gasteiger charge is 2.36. The van der Waals surface area contributed by atoms with Gasteiger partial charge >= 0.3 is 6.18 Å². The minimum atomic E-state index is -4.40. The summed E-state index contributed by atoms with van der Waals surface area (Å²) in [4.78, 5) is 0. The lowest BCUT2D eigenvalue weighted by Crippen LogP contribution is -2.17. The van der Waals surface area contributed by atoms with Gasteiger partial charge in [0.05, 0.1) is 0 Å². The zero-order valence-corrected chi connectivity index (χ0v) is 4.77. The van der Waals surface area contributed by atoms with Gasteiger partial charge in [-0.1, -0.05) is 0 Å². The van der Waals surface area contributed by atoms with Crippen molar-refractivity contribution in [3.05, 3.63) is 24.4 Å². The van der Waals surface area contributed by atoms with Gasteiger partial charge in [0, 0.05) is 12.4 Å². The van der Waals surface area contributed by atoms with Crippen LogP contribution in [0.4, 0.5) is 13.2 Å². The maximum atomic E-state index is 11.7. The predicted octanol–water partition coefficient (Wildman–Crippen LogP) is 1.48. The Hall–Kier alpha value is -1.13. The zero-order chi connectivity index (χ0) is 7.61. The van der Waals surface area contributed by atoms with Gasteiger partial charge in [-0.15, -0.1) is 0 Å². The van der Waals surface area contributed by atoms with Gasteiger partial charge in [0.15, 0.2) is 0 Å². The Kier molecular flexibility index (Phi) is 1.57. The maximum Gasteiger partial charge on any atom is 0.451 e. The van der Waals surface area contributed by atoms with Gasteiger partial charge in [-0.25, -0.2) is 0 Å². The van der Waals surface area contributed by atoms with Crippen molar-refractivity contribution in [2.45, 2.75) is 6.18 Å². The van der Waals surface area contributed by atoms with Crippen LogP contribution in [0.15, 0.2) is 24.4 Å². The number of hydrogen-bond donors (Lipinski definition) is 1. The van der Waals surface area contributed by atoms with Crippen LogP contribution in [0.1, 0.15) is 0 Å². The van der Waals surface area contributed by atoms with E-state index in [4.69, 9.17) is 0 Å². The molecular formula is C5H4F3NO.